The molecule has 0 fully saturated rings. The first-order valence-corrected chi connectivity index (χ1v) is 10.2. The van der Waals surface area contributed by atoms with Crippen LogP contribution in [-0.2, 0) is 10.5 Å². The van der Waals surface area contributed by atoms with Crippen molar-refractivity contribution in [1.82, 2.24) is 10.2 Å². The largest absolute Gasteiger partial charge is 0.353 e. The summed E-state index contributed by atoms with van der Waals surface area (Å²) in [5.74, 6) is 1.13. The molecule has 2 rings (SSSR count). The van der Waals surface area contributed by atoms with Crippen LogP contribution in [0.25, 0.3) is 0 Å². The Morgan fingerprint density at radius 3 is 2.75 bits per heavy atom. The van der Waals surface area contributed by atoms with Crippen LogP contribution in [0.4, 0.5) is 0 Å². The maximum Gasteiger partial charge on any atom is 0.230 e. The zero-order valence-electron chi connectivity index (χ0n) is 13.6. The molecule has 130 valence electrons. The van der Waals surface area contributed by atoms with E-state index in [0.717, 1.165) is 5.56 Å². The summed E-state index contributed by atoms with van der Waals surface area (Å²) in [4.78, 5) is 15.4. The number of thioether (sulfide) groups is 1. The Balaban J connectivity index is 1.76. The van der Waals surface area contributed by atoms with Gasteiger partial charge in [0.2, 0.25) is 5.91 Å². The van der Waals surface area contributed by atoms with Crippen molar-refractivity contribution in [3.8, 4) is 0 Å². The zero-order valence-corrected chi connectivity index (χ0v) is 16.7. The summed E-state index contributed by atoms with van der Waals surface area (Å²) in [5.41, 5.74) is 0.989. The van der Waals surface area contributed by atoms with Gasteiger partial charge >= 0.3 is 0 Å². The van der Waals surface area contributed by atoms with Crippen LogP contribution in [-0.4, -0.2) is 37.2 Å². The minimum Gasteiger partial charge on any atom is -0.353 e. The van der Waals surface area contributed by atoms with E-state index < -0.39 is 0 Å². The van der Waals surface area contributed by atoms with Gasteiger partial charge in [-0.2, -0.15) is 0 Å². The van der Waals surface area contributed by atoms with Gasteiger partial charge in [-0.25, -0.2) is 0 Å². The molecule has 0 spiro atoms. The van der Waals surface area contributed by atoms with Crippen LogP contribution in [0.2, 0.25) is 10.0 Å². The Morgan fingerprint density at radius 2 is 2.12 bits per heavy atom. The molecule has 0 radical (unpaired) electrons. The number of rotatable bonds is 8. The summed E-state index contributed by atoms with van der Waals surface area (Å²) >= 11 is 15.3. The first-order valence-electron chi connectivity index (χ1n) is 7.45. The summed E-state index contributed by atoms with van der Waals surface area (Å²) < 4.78 is 0. The normalized spacial score (nSPS) is 12.4. The van der Waals surface area contributed by atoms with Crippen molar-refractivity contribution in [2.24, 2.45) is 0 Å². The lowest BCUT2D eigenvalue weighted by Gasteiger charge is -2.23. The number of nitrogens with one attached hydrogen (secondary N) is 1. The second-order valence-corrected chi connectivity index (χ2v) is 8.34. The van der Waals surface area contributed by atoms with Gasteiger partial charge in [0, 0.05) is 27.2 Å². The molecule has 1 aromatic carbocycles. The number of benzene rings is 1. The highest BCUT2D eigenvalue weighted by Gasteiger charge is 2.16. The average molecular weight is 403 g/mol. The lowest BCUT2D eigenvalue weighted by atomic mass is 10.2. The van der Waals surface area contributed by atoms with Crippen molar-refractivity contribution in [3.05, 3.63) is 56.2 Å². The molecule has 1 amide bonds. The lowest BCUT2D eigenvalue weighted by molar-refractivity contribution is -0.118. The molecule has 1 aromatic heterocycles. The Morgan fingerprint density at radius 1 is 1.33 bits per heavy atom. The van der Waals surface area contributed by atoms with Crippen molar-refractivity contribution in [2.75, 3.05) is 26.4 Å². The molecule has 3 nitrogen and oxygen atoms in total. The predicted octanol–water partition coefficient (Wildman–Crippen LogP) is 4.71. The highest BCUT2D eigenvalue weighted by Crippen LogP contribution is 2.25. The molecular weight excluding hydrogens is 383 g/mol. The van der Waals surface area contributed by atoms with E-state index >= 15 is 0 Å². The van der Waals surface area contributed by atoms with Gasteiger partial charge in [-0.05, 0) is 43.2 Å². The zero-order chi connectivity index (χ0) is 17.5. The van der Waals surface area contributed by atoms with Crippen molar-refractivity contribution >= 4 is 52.2 Å². The Hall–Kier alpha value is -0.720. The number of carbonyl (C=O) groups is 1. The molecule has 7 heteroatoms. The topological polar surface area (TPSA) is 32.3 Å². The van der Waals surface area contributed by atoms with Crippen molar-refractivity contribution in [1.29, 1.82) is 0 Å². The first kappa shape index (κ1) is 19.6. The van der Waals surface area contributed by atoms with Crippen LogP contribution in [0.15, 0.2) is 35.7 Å². The summed E-state index contributed by atoms with van der Waals surface area (Å²) in [6.07, 6.45) is 0. The summed E-state index contributed by atoms with van der Waals surface area (Å²) in [6.45, 7) is 0.606. The predicted molar refractivity (Wildman–Crippen MR) is 106 cm³/mol. The van der Waals surface area contributed by atoms with Gasteiger partial charge in [0.1, 0.15) is 0 Å². The van der Waals surface area contributed by atoms with Gasteiger partial charge in [-0.3, -0.25) is 4.79 Å². The number of hydrogen-bond donors (Lipinski definition) is 1. The Bertz CT molecular complexity index is 663. The fraction of sp³-hybridized carbons (Fsp3) is 0.353. The van der Waals surface area contributed by atoms with Crippen LogP contribution >= 0.6 is 46.3 Å². The number of halogens is 2. The minimum absolute atomic E-state index is 0.0356. The SMILES string of the molecule is CN(C)C(CNC(=O)CSCc1ccc(Cl)cc1Cl)c1cccs1. The monoisotopic (exact) mass is 402 g/mol. The van der Waals surface area contributed by atoms with Crippen molar-refractivity contribution < 1.29 is 4.79 Å². The van der Waals surface area contributed by atoms with E-state index in [1.54, 1.807) is 29.2 Å². The minimum atomic E-state index is 0.0356. The van der Waals surface area contributed by atoms with Gasteiger partial charge in [0.15, 0.2) is 0 Å². The highest BCUT2D eigenvalue weighted by atomic mass is 35.5. The molecule has 0 bridgehead atoms. The summed E-state index contributed by atoms with van der Waals surface area (Å²) in [7, 11) is 4.04. The third kappa shape index (κ3) is 5.97. The van der Waals surface area contributed by atoms with E-state index in [1.807, 2.05) is 32.3 Å². The van der Waals surface area contributed by atoms with E-state index in [-0.39, 0.29) is 11.9 Å². The van der Waals surface area contributed by atoms with Gasteiger partial charge in [-0.15, -0.1) is 23.1 Å². The number of thiophene rings is 1. The van der Waals surface area contributed by atoms with Gasteiger partial charge in [0.25, 0.3) is 0 Å². The fourth-order valence-electron chi connectivity index (χ4n) is 2.17. The third-order valence-corrected chi connectivity index (χ3v) is 6.04. The van der Waals surface area contributed by atoms with E-state index in [2.05, 4.69) is 21.7 Å². The molecule has 0 aliphatic rings. The number of amides is 1. The van der Waals surface area contributed by atoms with Gasteiger partial charge in [0.05, 0.1) is 11.8 Å². The Kier molecular flexibility index (Phi) is 7.91. The second-order valence-electron chi connectivity index (χ2n) is 5.53. The second kappa shape index (κ2) is 9.68. The molecule has 1 atom stereocenters. The summed E-state index contributed by atoms with van der Waals surface area (Å²) in [5, 5.41) is 6.33. The molecule has 1 N–H and O–H groups in total. The molecule has 2 aromatic rings. The number of likely N-dealkylation sites (N-methyl/N-ethyl adjacent to an activating group) is 1. The fourth-order valence-corrected chi connectivity index (χ4v) is 4.51. The Labute approximate surface area is 161 Å². The molecule has 0 aliphatic carbocycles. The van der Waals surface area contributed by atoms with Crippen molar-refractivity contribution in [3.63, 3.8) is 0 Å². The van der Waals surface area contributed by atoms with E-state index in [9.17, 15) is 4.79 Å². The van der Waals surface area contributed by atoms with Gasteiger partial charge < -0.3 is 10.2 Å². The first-order chi connectivity index (χ1) is 11.5. The molecular formula is C17H20Cl2N2OS2. The van der Waals surface area contributed by atoms with Crippen LogP contribution in [0.1, 0.15) is 16.5 Å². The molecule has 1 unspecified atom stereocenters. The number of carbonyl (C=O) groups excluding carboxylic acids is 1. The van der Waals surface area contributed by atoms with E-state index in [0.29, 0.717) is 28.1 Å². The van der Waals surface area contributed by atoms with Crippen LogP contribution in [0.3, 0.4) is 0 Å². The van der Waals surface area contributed by atoms with Crippen LogP contribution in [0.5, 0.6) is 0 Å². The van der Waals surface area contributed by atoms with Crippen molar-refractivity contribution in [2.45, 2.75) is 11.8 Å². The van der Waals surface area contributed by atoms with E-state index in [1.165, 1.54) is 4.88 Å². The standard InChI is InChI=1S/C17H20Cl2N2OS2/c1-21(2)15(16-4-3-7-24-16)9-20-17(22)11-23-10-12-5-6-13(18)8-14(12)19/h3-8,15H,9-11H2,1-2H3,(H,20,22). The van der Waals surface area contributed by atoms with E-state index in [4.69, 9.17) is 23.2 Å². The average Bonchev–Trinajstić information content (AvgIpc) is 3.03. The lowest BCUT2D eigenvalue weighted by Crippen LogP contribution is -2.35. The highest BCUT2D eigenvalue weighted by molar-refractivity contribution is 7.99. The number of nitrogens with zero attached hydrogens (tertiary/aromatic N) is 1. The molecule has 0 saturated heterocycles. The number of hydrogen-bond acceptors (Lipinski definition) is 4. The molecule has 0 saturated carbocycles. The van der Waals surface area contributed by atoms with Crippen LogP contribution < -0.4 is 5.32 Å². The van der Waals surface area contributed by atoms with Gasteiger partial charge in [-0.1, -0.05) is 35.3 Å². The molecule has 24 heavy (non-hydrogen) atoms. The maximum atomic E-state index is 12.1. The summed E-state index contributed by atoms with van der Waals surface area (Å²) in [6, 6.07) is 9.76. The molecule has 1 heterocycles. The smallest absolute Gasteiger partial charge is 0.230 e. The molecule has 0 aliphatic heterocycles. The maximum absolute atomic E-state index is 12.1. The van der Waals surface area contributed by atoms with Crippen LogP contribution in [0, 0.1) is 0 Å². The third-order valence-electron chi connectivity index (χ3n) is 3.49. The quantitative estimate of drug-likeness (QED) is 0.693.